The van der Waals surface area contributed by atoms with E-state index in [0.29, 0.717) is 50.1 Å². The number of Topliss-reactive ketones (excluding diaryl/α,β-unsaturated/α-hetero) is 1. The van der Waals surface area contributed by atoms with Crippen LogP contribution in [0.1, 0.15) is 88.7 Å². The third-order valence-electron chi connectivity index (χ3n) is 8.93. The zero-order chi connectivity index (χ0) is 24.6. The molecular weight excluding hydrogens is 442 g/mol. The van der Waals surface area contributed by atoms with E-state index < -0.39 is 17.1 Å². The number of aliphatic hydroxyl groups is 1. The summed E-state index contributed by atoms with van der Waals surface area (Å²) in [7, 11) is 0. The van der Waals surface area contributed by atoms with Crippen LogP contribution in [0.3, 0.4) is 0 Å². The molecule has 190 valence electrons. The fraction of sp³-hybridized carbons (Fsp3) is 0.655. The van der Waals surface area contributed by atoms with Gasteiger partial charge in [-0.2, -0.15) is 0 Å². The summed E-state index contributed by atoms with van der Waals surface area (Å²) in [6.45, 7) is 7.59. The van der Waals surface area contributed by atoms with Crippen molar-refractivity contribution in [2.75, 3.05) is 13.1 Å². The van der Waals surface area contributed by atoms with Crippen molar-refractivity contribution in [3.8, 4) is 11.5 Å². The first-order valence-corrected chi connectivity index (χ1v) is 13.6. The van der Waals surface area contributed by atoms with Gasteiger partial charge in [-0.25, -0.2) is 0 Å². The maximum Gasteiger partial charge on any atom is 0.311 e. The molecule has 1 aromatic carbocycles. The Bertz CT molecular complexity index is 1010. The van der Waals surface area contributed by atoms with Gasteiger partial charge >= 0.3 is 5.97 Å². The van der Waals surface area contributed by atoms with E-state index in [-0.39, 0.29) is 17.8 Å². The SMILES string of the molecule is C=CCN1CC[C@@]23c4c5ccc(OC(=O)CCCCCCCCC)c4O[C@H]2C(=O)CC[C@@]3(O)[C@H]1C5. The van der Waals surface area contributed by atoms with Crippen LogP contribution in [0.5, 0.6) is 11.5 Å². The summed E-state index contributed by atoms with van der Waals surface area (Å²) in [4.78, 5) is 28.1. The highest BCUT2D eigenvalue weighted by atomic mass is 16.6. The van der Waals surface area contributed by atoms with Crippen molar-refractivity contribution in [3.63, 3.8) is 0 Å². The molecule has 0 radical (unpaired) electrons. The molecule has 1 saturated heterocycles. The number of hydrogen-bond acceptors (Lipinski definition) is 6. The standard InChI is InChI=1S/C29H39NO5/c1-3-5-6-7-8-9-10-11-24(32)34-22-13-12-20-19-23-29(33)15-14-21(31)27-28(29,25(20)26(22)35-27)16-18-30(23)17-4-2/h4,12-13,23,27,33H,2-3,5-11,14-19H2,1H3/t23-,27+,28-,29-/m1/s1. The number of unbranched alkanes of at least 4 members (excludes halogenated alkanes) is 6. The van der Waals surface area contributed by atoms with Gasteiger partial charge in [0.05, 0.1) is 11.0 Å². The number of esters is 1. The summed E-state index contributed by atoms with van der Waals surface area (Å²) in [5, 5.41) is 12.2. The number of ketones is 1. The van der Waals surface area contributed by atoms with Crippen LogP contribution in [0.4, 0.5) is 0 Å². The molecule has 2 fully saturated rings. The van der Waals surface area contributed by atoms with E-state index >= 15 is 0 Å². The molecule has 0 unspecified atom stereocenters. The average Bonchev–Trinajstić information content (AvgIpc) is 3.20. The Kier molecular flexibility index (Phi) is 6.79. The number of rotatable bonds is 11. The first kappa shape index (κ1) is 24.5. The number of nitrogens with zero attached hydrogens (tertiary/aromatic N) is 1. The van der Waals surface area contributed by atoms with Gasteiger partial charge in [-0.15, -0.1) is 6.58 Å². The predicted octanol–water partition coefficient (Wildman–Crippen LogP) is 4.64. The molecule has 35 heavy (non-hydrogen) atoms. The Hall–Kier alpha value is -2.18. The number of carbonyl (C=O) groups excluding carboxylic acids is 2. The molecule has 2 bridgehead atoms. The monoisotopic (exact) mass is 481 g/mol. The lowest BCUT2D eigenvalue weighted by Crippen LogP contribution is -2.76. The van der Waals surface area contributed by atoms with Crippen LogP contribution in [-0.4, -0.2) is 52.6 Å². The molecular formula is C29H39NO5. The predicted molar refractivity (Wildman–Crippen MR) is 134 cm³/mol. The lowest BCUT2D eigenvalue weighted by atomic mass is 9.49. The van der Waals surface area contributed by atoms with Gasteiger partial charge in [-0.3, -0.25) is 14.5 Å². The van der Waals surface area contributed by atoms with Crippen molar-refractivity contribution in [3.05, 3.63) is 35.9 Å². The average molecular weight is 482 g/mol. The zero-order valence-corrected chi connectivity index (χ0v) is 21.0. The van der Waals surface area contributed by atoms with Gasteiger partial charge in [-0.05, 0) is 37.3 Å². The molecule has 0 aromatic heterocycles. The Labute approximate surface area is 208 Å². The van der Waals surface area contributed by atoms with E-state index in [2.05, 4.69) is 18.4 Å². The van der Waals surface area contributed by atoms with Gasteiger partial charge < -0.3 is 14.6 Å². The van der Waals surface area contributed by atoms with Gasteiger partial charge in [0, 0.05) is 37.5 Å². The summed E-state index contributed by atoms with van der Waals surface area (Å²) in [6.07, 6.45) is 11.6. The second-order valence-corrected chi connectivity index (χ2v) is 10.9. The fourth-order valence-electron chi connectivity index (χ4n) is 7.27. The molecule has 2 aliphatic heterocycles. The molecule has 4 atom stereocenters. The highest BCUT2D eigenvalue weighted by Gasteiger charge is 2.73. The fourth-order valence-corrected chi connectivity index (χ4v) is 7.27. The quantitative estimate of drug-likeness (QED) is 0.215. The Morgan fingerprint density at radius 1 is 1.23 bits per heavy atom. The third kappa shape index (κ3) is 3.84. The topological polar surface area (TPSA) is 76.1 Å². The molecule has 6 nitrogen and oxygen atoms in total. The minimum absolute atomic E-state index is 0.0370. The van der Waals surface area contributed by atoms with Gasteiger partial charge in [0.25, 0.3) is 0 Å². The maximum absolute atomic E-state index is 13.1. The molecule has 1 spiro atoms. The van der Waals surface area contributed by atoms with Gasteiger partial charge in [0.1, 0.15) is 0 Å². The number of benzene rings is 1. The normalized spacial score (nSPS) is 30.5. The smallest absolute Gasteiger partial charge is 0.311 e. The van der Waals surface area contributed by atoms with E-state index in [1.165, 1.54) is 25.7 Å². The first-order chi connectivity index (χ1) is 17.0. The lowest BCUT2D eigenvalue weighted by Gasteiger charge is -2.62. The highest BCUT2D eigenvalue weighted by Crippen LogP contribution is 2.64. The number of carbonyl (C=O) groups is 2. The molecule has 2 aliphatic carbocycles. The molecule has 2 heterocycles. The first-order valence-electron chi connectivity index (χ1n) is 13.6. The number of piperidine rings is 1. The lowest BCUT2D eigenvalue weighted by molar-refractivity contribution is -0.187. The summed E-state index contributed by atoms with van der Waals surface area (Å²) in [5.74, 6) is 0.670. The molecule has 4 aliphatic rings. The van der Waals surface area contributed by atoms with Crippen molar-refractivity contribution in [2.45, 2.75) is 107 Å². The second-order valence-electron chi connectivity index (χ2n) is 10.9. The maximum atomic E-state index is 13.1. The highest BCUT2D eigenvalue weighted by molar-refractivity contribution is 5.90. The minimum atomic E-state index is -1.05. The molecule has 1 saturated carbocycles. The molecule has 6 heteroatoms. The summed E-state index contributed by atoms with van der Waals surface area (Å²) < 4.78 is 12.1. The number of hydrogen-bond donors (Lipinski definition) is 1. The van der Waals surface area contributed by atoms with Crippen molar-refractivity contribution < 1.29 is 24.2 Å². The van der Waals surface area contributed by atoms with Crippen LogP contribution in [0.15, 0.2) is 24.8 Å². The van der Waals surface area contributed by atoms with E-state index in [0.717, 1.165) is 36.9 Å². The van der Waals surface area contributed by atoms with Gasteiger partial charge in [-0.1, -0.05) is 57.6 Å². The van der Waals surface area contributed by atoms with E-state index in [1.807, 2.05) is 18.2 Å². The minimum Gasteiger partial charge on any atom is -0.477 e. The van der Waals surface area contributed by atoms with Crippen molar-refractivity contribution in [1.82, 2.24) is 4.90 Å². The van der Waals surface area contributed by atoms with E-state index in [1.54, 1.807) is 0 Å². The van der Waals surface area contributed by atoms with Crippen molar-refractivity contribution in [2.24, 2.45) is 0 Å². The molecule has 5 rings (SSSR count). The van der Waals surface area contributed by atoms with Crippen LogP contribution in [-0.2, 0) is 21.4 Å². The van der Waals surface area contributed by atoms with Crippen LogP contribution in [0.25, 0.3) is 0 Å². The van der Waals surface area contributed by atoms with E-state index in [9.17, 15) is 14.7 Å². The Morgan fingerprint density at radius 3 is 2.77 bits per heavy atom. The molecule has 0 amide bonds. The molecule has 1 aromatic rings. The van der Waals surface area contributed by atoms with Crippen LogP contribution in [0.2, 0.25) is 0 Å². The van der Waals surface area contributed by atoms with Crippen LogP contribution < -0.4 is 9.47 Å². The summed E-state index contributed by atoms with van der Waals surface area (Å²) in [5.41, 5.74) is 0.182. The summed E-state index contributed by atoms with van der Waals surface area (Å²) >= 11 is 0. The van der Waals surface area contributed by atoms with Crippen molar-refractivity contribution >= 4 is 11.8 Å². The largest absolute Gasteiger partial charge is 0.477 e. The third-order valence-corrected chi connectivity index (χ3v) is 8.93. The summed E-state index contributed by atoms with van der Waals surface area (Å²) in [6, 6.07) is 3.73. The molecule has 1 N–H and O–H groups in total. The van der Waals surface area contributed by atoms with E-state index in [4.69, 9.17) is 9.47 Å². The number of ether oxygens (including phenoxy) is 2. The van der Waals surface area contributed by atoms with Crippen LogP contribution >= 0.6 is 0 Å². The van der Waals surface area contributed by atoms with Crippen molar-refractivity contribution in [1.29, 1.82) is 0 Å². The Morgan fingerprint density at radius 2 is 2.00 bits per heavy atom. The number of likely N-dealkylation sites (tertiary alicyclic amines) is 1. The zero-order valence-electron chi connectivity index (χ0n) is 21.0. The van der Waals surface area contributed by atoms with Gasteiger partial charge in [0.15, 0.2) is 23.4 Å². The Balaban J connectivity index is 1.37. The second kappa shape index (κ2) is 9.70. The van der Waals surface area contributed by atoms with Gasteiger partial charge in [0.2, 0.25) is 0 Å². The van der Waals surface area contributed by atoms with Crippen LogP contribution in [0, 0.1) is 0 Å².